The number of benzene rings is 2. The lowest BCUT2D eigenvalue weighted by molar-refractivity contribution is 0.0472. The number of esters is 1. The van der Waals surface area contributed by atoms with E-state index in [1.807, 2.05) is 0 Å². The molecule has 0 saturated heterocycles. The summed E-state index contributed by atoms with van der Waals surface area (Å²) >= 11 is 3.24. The Balaban J connectivity index is 1.75. The van der Waals surface area contributed by atoms with Gasteiger partial charge in [-0.15, -0.1) is 0 Å². The molecule has 0 radical (unpaired) electrons. The molecule has 1 aromatic heterocycles. The van der Waals surface area contributed by atoms with E-state index in [-0.39, 0.29) is 12.4 Å². The normalized spacial score (nSPS) is 10.6. The Bertz CT molecular complexity index is 854. The number of nitrogens with zero attached hydrogens (tertiary/aromatic N) is 2. The van der Waals surface area contributed by atoms with Crippen molar-refractivity contribution >= 4 is 32.9 Å². The van der Waals surface area contributed by atoms with Gasteiger partial charge in [0.15, 0.2) is 0 Å². The first kappa shape index (κ1) is 14.6. The van der Waals surface area contributed by atoms with Crippen molar-refractivity contribution in [3.63, 3.8) is 0 Å². The molecule has 0 atom stereocenters. The summed E-state index contributed by atoms with van der Waals surface area (Å²) < 4.78 is 18.8. The van der Waals surface area contributed by atoms with Gasteiger partial charge < -0.3 is 4.74 Å². The van der Waals surface area contributed by atoms with E-state index in [4.69, 9.17) is 4.74 Å². The van der Waals surface area contributed by atoms with Crippen LogP contribution in [0.1, 0.15) is 15.9 Å². The summed E-state index contributed by atoms with van der Waals surface area (Å²) in [5, 5.41) is 0. The zero-order chi connectivity index (χ0) is 15.5. The van der Waals surface area contributed by atoms with Crippen molar-refractivity contribution in [2.45, 2.75) is 6.61 Å². The first-order valence-corrected chi connectivity index (χ1v) is 7.24. The third kappa shape index (κ3) is 3.12. The second kappa shape index (κ2) is 6.19. The predicted molar refractivity (Wildman–Crippen MR) is 82.8 cm³/mol. The standard InChI is InChI=1S/C16H10BrFN2O2/c17-13-8-12(18)3-1-11(13)9-22-16(21)10-2-4-14-15(7-10)20-6-5-19-14/h1-8H,9H2. The highest BCUT2D eigenvalue weighted by Crippen LogP contribution is 2.19. The van der Waals surface area contributed by atoms with E-state index in [0.29, 0.717) is 26.6 Å². The van der Waals surface area contributed by atoms with E-state index in [1.165, 1.54) is 12.1 Å². The van der Waals surface area contributed by atoms with Gasteiger partial charge in [-0.2, -0.15) is 0 Å². The van der Waals surface area contributed by atoms with Crippen LogP contribution in [0.15, 0.2) is 53.3 Å². The monoisotopic (exact) mass is 360 g/mol. The van der Waals surface area contributed by atoms with E-state index >= 15 is 0 Å². The molecule has 0 bridgehead atoms. The Morgan fingerprint density at radius 2 is 1.86 bits per heavy atom. The van der Waals surface area contributed by atoms with E-state index < -0.39 is 5.97 Å². The molecule has 1 heterocycles. The third-order valence-electron chi connectivity index (χ3n) is 3.08. The maximum Gasteiger partial charge on any atom is 0.338 e. The molecule has 0 aliphatic carbocycles. The molecule has 0 unspecified atom stereocenters. The van der Waals surface area contributed by atoms with E-state index in [9.17, 15) is 9.18 Å². The van der Waals surface area contributed by atoms with Gasteiger partial charge >= 0.3 is 5.97 Å². The molecule has 0 aliphatic heterocycles. The van der Waals surface area contributed by atoms with Crippen LogP contribution < -0.4 is 0 Å². The van der Waals surface area contributed by atoms with Crippen LogP contribution in [-0.4, -0.2) is 15.9 Å². The number of carbonyl (C=O) groups excluding carboxylic acids is 1. The maximum atomic E-state index is 13.0. The lowest BCUT2D eigenvalue weighted by Gasteiger charge is -2.07. The highest BCUT2D eigenvalue weighted by Gasteiger charge is 2.10. The molecule has 0 aliphatic rings. The Hall–Kier alpha value is -2.34. The molecule has 110 valence electrons. The quantitative estimate of drug-likeness (QED) is 0.665. The number of halogens is 2. The predicted octanol–water partition coefficient (Wildman–Crippen LogP) is 3.89. The van der Waals surface area contributed by atoms with Crippen molar-refractivity contribution in [2.24, 2.45) is 0 Å². The van der Waals surface area contributed by atoms with Gasteiger partial charge in [-0.1, -0.05) is 22.0 Å². The molecule has 2 aromatic carbocycles. The van der Waals surface area contributed by atoms with Crippen molar-refractivity contribution in [1.29, 1.82) is 0 Å². The van der Waals surface area contributed by atoms with Crippen LogP contribution in [-0.2, 0) is 11.3 Å². The lowest BCUT2D eigenvalue weighted by Crippen LogP contribution is -2.06. The van der Waals surface area contributed by atoms with Crippen molar-refractivity contribution in [2.75, 3.05) is 0 Å². The fourth-order valence-corrected chi connectivity index (χ4v) is 2.42. The smallest absolute Gasteiger partial charge is 0.338 e. The average Bonchev–Trinajstić information content (AvgIpc) is 2.53. The van der Waals surface area contributed by atoms with Gasteiger partial charge in [0.05, 0.1) is 16.6 Å². The Kier molecular flexibility index (Phi) is 4.11. The van der Waals surface area contributed by atoms with Gasteiger partial charge in [0, 0.05) is 22.4 Å². The zero-order valence-electron chi connectivity index (χ0n) is 11.3. The largest absolute Gasteiger partial charge is 0.457 e. The highest BCUT2D eigenvalue weighted by atomic mass is 79.9. The van der Waals surface area contributed by atoms with Crippen molar-refractivity contribution in [3.8, 4) is 0 Å². The second-order valence-corrected chi connectivity index (χ2v) is 5.43. The first-order chi connectivity index (χ1) is 10.6. The summed E-state index contributed by atoms with van der Waals surface area (Å²) in [7, 11) is 0. The minimum absolute atomic E-state index is 0.0538. The minimum Gasteiger partial charge on any atom is -0.457 e. The molecule has 3 aromatic rings. The van der Waals surface area contributed by atoms with Gasteiger partial charge in [-0.3, -0.25) is 9.97 Å². The SMILES string of the molecule is O=C(OCc1ccc(F)cc1Br)c1ccc2nccnc2c1. The van der Waals surface area contributed by atoms with Crippen LogP contribution in [0.2, 0.25) is 0 Å². The number of fused-ring (bicyclic) bond motifs is 1. The molecular formula is C16H10BrFN2O2. The summed E-state index contributed by atoms with van der Waals surface area (Å²) in [6.45, 7) is 0.0538. The van der Waals surface area contributed by atoms with E-state index in [2.05, 4.69) is 25.9 Å². The fraction of sp³-hybridized carbons (Fsp3) is 0.0625. The number of hydrogen-bond donors (Lipinski definition) is 0. The van der Waals surface area contributed by atoms with E-state index in [0.717, 1.165) is 0 Å². The lowest BCUT2D eigenvalue weighted by atomic mass is 10.2. The number of rotatable bonds is 3. The van der Waals surface area contributed by atoms with Crippen LogP contribution in [0.5, 0.6) is 0 Å². The second-order valence-electron chi connectivity index (χ2n) is 4.57. The Morgan fingerprint density at radius 3 is 2.64 bits per heavy atom. The Labute approximate surface area is 134 Å². The molecule has 0 amide bonds. The summed E-state index contributed by atoms with van der Waals surface area (Å²) in [6.07, 6.45) is 3.15. The molecule has 3 rings (SSSR count). The van der Waals surface area contributed by atoms with Gasteiger partial charge in [0.1, 0.15) is 12.4 Å². The average molecular weight is 361 g/mol. The van der Waals surface area contributed by atoms with Crippen molar-refractivity contribution in [1.82, 2.24) is 9.97 Å². The first-order valence-electron chi connectivity index (χ1n) is 6.45. The van der Waals surface area contributed by atoms with Crippen LogP contribution in [0.25, 0.3) is 11.0 Å². The van der Waals surface area contributed by atoms with Crippen LogP contribution >= 0.6 is 15.9 Å². The number of aromatic nitrogens is 2. The molecule has 6 heteroatoms. The van der Waals surface area contributed by atoms with Gasteiger partial charge in [-0.25, -0.2) is 9.18 Å². The van der Waals surface area contributed by atoms with Crippen molar-refractivity contribution < 1.29 is 13.9 Å². The number of carbonyl (C=O) groups is 1. The van der Waals surface area contributed by atoms with Crippen molar-refractivity contribution in [3.05, 3.63) is 70.2 Å². The van der Waals surface area contributed by atoms with E-state index in [1.54, 1.807) is 36.7 Å². The van der Waals surface area contributed by atoms with Gasteiger partial charge in [0.25, 0.3) is 0 Å². The van der Waals surface area contributed by atoms with Crippen LogP contribution in [0.4, 0.5) is 4.39 Å². The Morgan fingerprint density at radius 1 is 1.09 bits per heavy atom. The van der Waals surface area contributed by atoms with Crippen LogP contribution in [0, 0.1) is 5.82 Å². The molecule has 4 nitrogen and oxygen atoms in total. The molecule has 0 fully saturated rings. The number of ether oxygens (including phenoxy) is 1. The summed E-state index contributed by atoms with van der Waals surface area (Å²) in [5.74, 6) is -0.821. The van der Waals surface area contributed by atoms with Crippen LogP contribution in [0.3, 0.4) is 0 Å². The van der Waals surface area contributed by atoms with Gasteiger partial charge in [0.2, 0.25) is 0 Å². The summed E-state index contributed by atoms with van der Waals surface area (Å²) in [5.41, 5.74) is 2.42. The summed E-state index contributed by atoms with van der Waals surface area (Å²) in [6, 6.07) is 9.20. The maximum absolute atomic E-state index is 13.0. The fourth-order valence-electron chi connectivity index (χ4n) is 1.96. The topological polar surface area (TPSA) is 52.1 Å². The molecule has 0 spiro atoms. The molecule has 22 heavy (non-hydrogen) atoms. The molecule has 0 N–H and O–H groups in total. The highest BCUT2D eigenvalue weighted by molar-refractivity contribution is 9.10. The third-order valence-corrected chi connectivity index (χ3v) is 3.82. The molecule has 0 saturated carbocycles. The minimum atomic E-state index is -0.469. The van der Waals surface area contributed by atoms with Gasteiger partial charge in [-0.05, 0) is 30.3 Å². The zero-order valence-corrected chi connectivity index (χ0v) is 12.9. The summed E-state index contributed by atoms with van der Waals surface area (Å²) in [4.78, 5) is 20.4. The number of hydrogen-bond acceptors (Lipinski definition) is 4. The molecular weight excluding hydrogens is 351 g/mol.